The molecule has 0 spiro atoms. The molecule has 0 saturated heterocycles. The molecule has 4 aliphatic rings. The van der Waals surface area contributed by atoms with Crippen molar-refractivity contribution < 1.29 is 15.3 Å². The molecule has 3 aliphatic heterocycles. The summed E-state index contributed by atoms with van der Waals surface area (Å²) >= 11 is 3.80. The van der Waals surface area contributed by atoms with E-state index in [-0.39, 0.29) is 34.8 Å². The smallest absolute Gasteiger partial charge is 0.195 e. The van der Waals surface area contributed by atoms with Gasteiger partial charge in [-0.05, 0) is 78.0 Å². The zero-order valence-corrected chi connectivity index (χ0v) is 41.1. The van der Waals surface area contributed by atoms with Crippen LogP contribution in [0.2, 0.25) is 0 Å². The Labute approximate surface area is 425 Å². The number of para-hydroxylation sites is 3. The molecule has 4 unspecified atom stereocenters. The van der Waals surface area contributed by atoms with Gasteiger partial charge in [-0.25, -0.2) is 4.99 Å². The van der Waals surface area contributed by atoms with E-state index in [2.05, 4.69) is 204 Å². The highest BCUT2D eigenvalue weighted by Gasteiger charge is 2.42. The van der Waals surface area contributed by atoms with Crippen molar-refractivity contribution in [3.63, 3.8) is 0 Å². The van der Waals surface area contributed by atoms with Gasteiger partial charge in [0.05, 0.1) is 34.1 Å². The van der Waals surface area contributed by atoms with E-state index in [9.17, 15) is 0 Å². The minimum absolute atomic E-state index is 0.0834. The summed E-state index contributed by atoms with van der Waals surface area (Å²) in [7, 11) is 0. The van der Waals surface area contributed by atoms with Gasteiger partial charge in [-0.15, -0.1) is 23.1 Å². The molecular weight excluding hydrogens is 925 g/mol. The number of benzene rings is 8. The lowest BCUT2D eigenvalue weighted by atomic mass is 9.87. The lowest BCUT2D eigenvalue weighted by molar-refractivity contribution is 0.277. The van der Waals surface area contributed by atoms with Gasteiger partial charge >= 0.3 is 0 Å². The molecule has 4 atom stereocenters. The molecule has 350 valence electrons. The largest absolute Gasteiger partial charge is 0.508 e. The molecular formula is C63H48N4O3S2. The third-order valence-electron chi connectivity index (χ3n) is 14.6. The number of rotatable bonds is 6. The lowest BCUT2D eigenvalue weighted by Gasteiger charge is -2.30. The summed E-state index contributed by atoms with van der Waals surface area (Å²) in [5, 5.41) is 34.5. The zero-order valence-electron chi connectivity index (χ0n) is 39.5. The molecule has 9 heteroatoms. The van der Waals surface area contributed by atoms with Crippen LogP contribution in [0.1, 0.15) is 48.9 Å². The molecule has 3 N–H and O–H groups in total. The number of aromatic nitrogens is 1. The van der Waals surface area contributed by atoms with Crippen molar-refractivity contribution in [2.45, 2.75) is 48.4 Å². The Morgan fingerprint density at radius 3 is 2.18 bits per heavy atom. The first-order valence-corrected chi connectivity index (χ1v) is 26.2. The average molecular weight is 973 g/mol. The van der Waals surface area contributed by atoms with Crippen LogP contribution in [0.3, 0.4) is 0 Å². The molecule has 0 saturated carbocycles. The molecule has 10 aromatic rings. The minimum atomic E-state index is -0.440. The summed E-state index contributed by atoms with van der Waals surface area (Å²) in [6.45, 7) is 3.24. The molecule has 2 aromatic heterocycles. The number of anilines is 2. The molecule has 72 heavy (non-hydrogen) atoms. The quantitative estimate of drug-likeness (QED) is 0.114. The van der Waals surface area contributed by atoms with Crippen LogP contribution in [0.4, 0.5) is 11.4 Å². The number of hydrogen-bond acceptors (Lipinski definition) is 8. The first-order valence-electron chi connectivity index (χ1n) is 24.5. The average Bonchev–Trinajstić information content (AvgIpc) is 4.21. The summed E-state index contributed by atoms with van der Waals surface area (Å²) < 4.78 is 5.17. The van der Waals surface area contributed by atoms with Crippen LogP contribution in [0.25, 0.3) is 58.4 Å². The fraction of sp³-hybridized carbons (Fsp3) is 0.111. The molecule has 0 bridgehead atoms. The number of thioether (sulfide) groups is 1. The molecule has 0 fully saturated rings. The second kappa shape index (κ2) is 17.6. The third-order valence-corrected chi connectivity index (χ3v) is 17.1. The molecule has 0 radical (unpaired) electrons. The summed E-state index contributed by atoms with van der Waals surface area (Å²) in [5.41, 5.74) is 12.1. The van der Waals surface area contributed by atoms with Crippen LogP contribution in [0.5, 0.6) is 0 Å². The highest BCUT2D eigenvalue weighted by molar-refractivity contribution is 8.01. The van der Waals surface area contributed by atoms with Crippen LogP contribution >= 0.6 is 23.1 Å². The van der Waals surface area contributed by atoms with Gasteiger partial charge in [0.15, 0.2) is 17.4 Å². The van der Waals surface area contributed by atoms with Gasteiger partial charge in [-0.2, -0.15) is 0 Å². The van der Waals surface area contributed by atoms with Crippen LogP contribution < -0.4 is 4.90 Å². The van der Waals surface area contributed by atoms with Gasteiger partial charge in [0, 0.05) is 81.8 Å². The highest BCUT2D eigenvalue weighted by Crippen LogP contribution is 2.52. The topological polar surface area (TPSA) is 93.6 Å². The number of thiophene rings is 1. The Hall–Kier alpha value is -8.11. The second-order valence-corrected chi connectivity index (χ2v) is 20.8. The number of aliphatic hydroxyl groups excluding tert-OH is 3. The predicted molar refractivity (Wildman–Crippen MR) is 302 cm³/mol. The normalized spacial score (nSPS) is 19.3. The van der Waals surface area contributed by atoms with Crippen molar-refractivity contribution in [1.82, 2.24) is 4.57 Å². The van der Waals surface area contributed by atoms with E-state index in [1.165, 1.54) is 91.8 Å². The molecule has 0 amide bonds. The van der Waals surface area contributed by atoms with Crippen molar-refractivity contribution in [2.75, 3.05) is 4.90 Å². The van der Waals surface area contributed by atoms with Crippen molar-refractivity contribution in [3.05, 3.63) is 240 Å². The van der Waals surface area contributed by atoms with Gasteiger partial charge in [0.25, 0.3) is 0 Å². The number of hydrogen-bond donors (Lipinski definition) is 3. The second-order valence-electron chi connectivity index (χ2n) is 18.5. The van der Waals surface area contributed by atoms with E-state index in [0.717, 1.165) is 22.8 Å². The van der Waals surface area contributed by atoms with Gasteiger partial charge < -0.3 is 24.8 Å². The maximum Gasteiger partial charge on any atom is 0.195 e. The van der Waals surface area contributed by atoms with Crippen LogP contribution in [0, 0.1) is 0 Å². The van der Waals surface area contributed by atoms with Gasteiger partial charge in [-0.1, -0.05) is 153 Å². The SMILES string of the molecule is C/C=C(O)\C(O)=C(\O)CC.C1=CC2C(C=C1C1=NC(c3ccc(-n4c5ccccc5c5c6ccccc6c6sc7ccccc7c6c54)cc3)C3Sc4ccccc4C3=N1)c1ccccc1N2c1ccccc1. The summed E-state index contributed by atoms with van der Waals surface area (Å²) in [5.74, 6) is 0.0686. The molecule has 8 aromatic carbocycles. The number of aliphatic hydroxyl groups is 3. The summed E-state index contributed by atoms with van der Waals surface area (Å²) in [6, 6.07) is 64.5. The number of allylic oxidation sites excluding steroid dienone is 2. The molecule has 5 heterocycles. The molecule has 1 aliphatic carbocycles. The van der Waals surface area contributed by atoms with Gasteiger partial charge in [0.1, 0.15) is 5.76 Å². The van der Waals surface area contributed by atoms with E-state index in [4.69, 9.17) is 25.3 Å². The number of fused-ring (bicyclic) bond motifs is 16. The van der Waals surface area contributed by atoms with Gasteiger partial charge in [-0.3, -0.25) is 4.99 Å². The van der Waals surface area contributed by atoms with E-state index in [1.807, 2.05) is 23.1 Å². The fourth-order valence-electron chi connectivity index (χ4n) is 11.2. The Balaban J connectivity index is 0.000000459. The van der Waals surface area contributed by atoms with E-state index in [1.54, 1.807) is 13.8 Å². The fourth-order valence-corrected chi connectivity index (χ4v) is 13.9. The highest BCUT2D eigenvalue weighted by atomic mass is 32.2. The molecule has 14 rings (SSSR count). The maximum absolute atomic E-state index is 8.90. The Morgan fingerprint density at radius 2 is 1.38 bits per heavy atom. The maximum atomic E-state index is 8.90. The standard InChI is InChI=1S/C56H36N4S2.C7H12O3/c1-2-14-35(15-3-1)59-44-22-10-6-16-37(44)43-32-34(28-31-46(43)59)56-57-51(55-52(58-56)42-21-9-13-25-48(42)62-55)33-26-29-36(30-27-33)60-45-23-11-7-19-40(45)49-38-17-4-5-18-39(38)54-50(53(49)60)41-20-8-12-24-47(41)61-54;1-3-5(8)7(10)6(9)4-2/h1-32,43,46,51,55H;3,8-10H,4H2,1-2H3/b;5-3+,7-6-. The number of amidine groups is 1. The minimum Gasteiger partial charge on any atom is -0.508 e. The number of aliphatic imine (C=N–C) groups is 2. The Morgan fingerprint density at radius 1 is 0.681 bits per heavy atom. The summed E-state index contributed by atoms with van der Waals surface area (Å²) in [6.07, 6.45) is 8.67. The Kier molecular flexibility index (Phi) is 10.7. The van der Waals surface area contributed by atoms with Crippen LogP contribution in [0.15, 0.2) is 238 Å². The first-order chi connectivity index (χ1) is 35.4. The van der Waals surface area contributed by atoms with Crippen molar-refractivity contribution in [1.29, 1.82) is 0 Å². The van der Waals surface area contributed by atoms with Crippen LogP contribution in [-0.2, 0) is 0 Å². The number of nitrogens with zero attached hydrogens (tertiary/aromatic N) is 4. The van der Waals surface area contributed by atoms with Gasteiger partial charge in [0.2, 0.25) is 0 Å². The van der Waals surface area contributed by atoms with Crippen LogP contribution in [-0.4, -0.2) is 42.7 Å². The monoisotopic (exact) mass is 972 g/mol. The van der Waals surface area contributed by atoms with E-state index >= 15 is 0 Å². The third kappa shape index (κ3) is 6.94. The predicted octanol–water partition coefficient (Wildman–Crippen LogP) is 16.7. The zero-order chi connectivity index (χ0) is 48.6. The lowest BCUT2D eigenvalue weighted by Crippen LogP contribution is -2.31. The van der Waals surface area contributed by atoms with E-state index in [0.29, 0.717) is 6.42 Å². The summed E-state index contributed by atoms with van der Waals surface area (Å²) in [4.78, 5) is 14.8. The first kappa shape index (κ1) is 43.9. The van der Waals surface area contributed by atoms with E-state index < -0.39 is 5.76 Å². The van der Waals surface area contributed by atoms with Crippen molar-refractivity contribution >= 4 is 98.8 Å². The Bertz CT molecular complexity index is 4030. The molecule has 7 nitrogen and oxygen atoms in total. The van der Waals surface area contributed by atoms with Crippen molar-refractivity contribution in [2.24, 2.45) is 9.98 Å². The van der Waals surface area contributed by atoms with Crippen molar-refractivity contribution in [3.8, 4) is 5.69 Å².